The Hall–Kier alpha value is -15.5. The van der Waals surface area contributed by atoms with Crippen LogP contribution in [0.15, 0.2) is 437 Å². The van der Waals surface area contributed by atoms with Crippen molar-refractivity contribution in [3.8, 4) is 22.5 Å². The molecule has 24 rings (SSSR count). The minimum absolute atomic E-state index is 0.0674. The van der Waals surface area contributed by atoms with Crippen molar-refractivity contribution in [2.75, 3.05) is 29.4 Å². The van der Waals surface area contributed by atoms with Gasteiger partial charge in [-0.15, -0.1) is 0 Å². The number of aromatic nitrogens is 2. The maximum atomic E-state index is 2.55. The molecule has 0 amide bonds. The average Bonchev–Trinajstić information content (AvgIpc) is 1.07. The number of anilines is 18. The first-order valence-corrected chi connectivity index (χ1v) is 40.7. The summed E-state index contributed by atoms with van der Waals surface area (Å²) >= 11 is 0. The van der Waals surface area contributed by atoms with Crippen molar-refractivity contribution < 1.29 is 0 Å². The number of hydrogen-bond donors (Lipinski definition) is 0. The first-order valence-electron chi connectivity index (χ1n) is 40.7. The summed E-state index contributed by atoms with van der Waals surface area (Å²) in [6.07, 6.45) is 0. The van der Waals surface area contributed by atoms with Crippen LogP contribution in [-0.4, -0.2) is 22.6 Å². The van der Waals surface area contributed by atoms with Crippen LogP contribution in [0.1, 0.15) is 0 Å². The van der Waals surface area contributed by atoms with Gasteiger partial charge in [-0.25, -0.2) is 0 Å². The Morgan fingerprint density at radius 2 is 0.517 bits per heavy atom. The highest BCUT2D eigenvalue weighted by molar-refractivity contribution is 7.01. The fourth-order valence-electron chi connectivity index (χ4n) is 19.9. The van der Waals surface area contributed by atoms with Crippen molar-refractivity contribution in [3.63, 3.8) is 0 Å². The fraction of sp³-hybridized carbons (Fsp3) is 0. The molecule has 0 saturated carbocycles. The van der Waals surface area contributed by atoms with E-state index in [0.29, 0.717) is 0 Å². The third-order valence-electron chi connectivity index (χ3n) is 24.8. The zero-order valence-electron chi connectivity index (χ0n) is 64.3. The molecule has 6 heterocycles. The number of fused-ring (bicyclic) bond motifs is 14. The molecule has 0 atom stereocenters. The largest absolute Gasteiger partial charge is 0.311 e. The van der Waals surface area contributed by atoms with Crippen molar-refractivity contribution in [2.45, 2.75) is 0 Å². The molecule has 0 fully saturated rings. The Morgan fingerprint density at radius 3 is 1.03 bits per heavy atom. The second-order valence-electron chi connectivity index (χ2n) is 31.1. The number of hydrogen-bond acceptors (Lipinski definition) is 6. The first kappa shape index (κ1) is 67.0. The van der Waals surface area contributed by atoms with Gasteiger partial charge in [0.1, 0.15) is 0 Å². The van der Waals surface area contributed by atoms with Crippen molar-refractivity contribution in [3.05, 3.63) is 437 Å². The zero-order valence-corrected chi connectivity index (χ0v) is 64.3. The van der Waals surface area contributed by atoms with E-state index in [1.165, 1.54) is 82.2 Å². The fourth-order valence-corrected chi connectivity index (χ4v) is 19.9. The molecular weight excluding hydrogens is 1430 g/mol. The SMILES string of the molecule is c1ccc(N(c2ccc(-c3cccc(N4c5cc(N(c6ccccc6)c6ccccc6)ccc5B5c6cc7c8ccccc8n(-c8ccccc8)c7cc6N(c6ccccc6)c6cccc4c65)c3)cc2)c2ccc3c(c2)N(c2ccccc2)c2cccc4c2B3c2ccccc2N4c2ccc3c4ccccc4n(-c4ccccc4)c3c2)cc1. The van der Waals surface area contributed by atoms with E-state index in [4.69, 9.17) is 0 Å². The van der Waals surface area contributed by atoms with Gasteiger partial charge in [-0.3, -0.25) is 0 Å². The maximum Gasteiger partial charge on any atom is 0.252 e. The monoisotopic (exact) mass is 1500 g/mol. The predicted molar refractivity (Wildman–Crippen MR) is 498 cm³/mol. The number of para-hydroxylation sites is 10. The van der Waals surface area contributed by atoms with Gasteiger partial charge in [0.15, 0.2) is 0 Å². The lowest BCUT2D eigenvalue weighted by Gasteiger charge is -2.44. The third kappa shape index (κ3) is 10.5. The van der Waals surface area contributed by atoms with Gasteiger partial charge in [-0.05, 0) is 238 Å². The van der Waals surface area contributed by atoms with Crippen molar-refractivity contribution in [1.82, 2.24) is 9.13 Å². The minimum Gasteiger partial charge on any atom is -0.311 e. The molecule has 0 radical (unpaired) electrons. The maximum absolute atomic E-state index is 2.55. The van der Waals surface area contributed by atoms with E-state index in [1.807, 2.05) is 0 Å². The van der Waals surface area contributed by atoms with Gasteiger partial charge in [0.2, 0.25) is 0 Å². The summed E-state index contributed by atoms with van der Waals surface area (Å²) in [6.45, 7) is -0.207. The Bertz CT molecular complexity index is 7310. The molecule has 0 bridgehead atoms. The van der Waals surface area contributed by atoms with Crippen LogP contribution in [0.3, 0.4) is 0 Å². The summed E-state index contributed by atoms with van der Waals surface area (Å²) in [4.78, 5) is 14.9. The Morgan fingerprint density at radius 1 is 0.169 bits per heavy atom. The molecule has 0 saturated heterocycles. The van der Waals surface area contributed by atoms with E-state index >= 15 is 0 Å². The van der Waals surface area contributed by atoms with Gasteiger partial charge in [0, 0.05) is 135 Å². The number of nitrogens with zero attached hydrogens (tertiary/aromatic N) is 8. The first-order chi connectivity index (χ1) is 58.6. The Labute approximate surface area is 685 Å². The highest BCUT2D eigenvalue weighted by Gasteiger charge is 2.46. The van der Waals surface area contributed by atoms with Gasteiger partial charge in [0.05, 0.1) is 22.1 Å². The van der Waals surface area contributed by atoms with Gasteiger partial charge >= 0.3 is 0 Å². The van der Waals surface area contributed by atoms with Gasteiger partial charge in [-0.2, -0.15) is 0 Å². The van der Waals surface area contributed by atoms with Gasteiger partial charge in [0.25, 0.3) is 13.4 Å². The average molecular weight is 1500 g/mol. The number of benzene rings is 18. The number of rotatable bonds is 13. The molecule has 0 spiro atoms. The minimum atomic E-state index is -0.140. The smallest absolute Gasteiger partial charge is 0.252 e. The molecule has 118 heavy (non-hydrogen) atoms. The van der Waals surface area contributed by atoms with E-state index in [2.05, 4.69) is 475 Å². The van der Waals surface area contributed by atoms with Crippen LogP contribution in [-0.2, 0) is 0 Å². The van der Waals surface area contributed by atoms with Crippen molar-refractivity contribution in [2.24, 2.45) is 0 Å². The lowest BCUT2D eigenvalue weighted by Crippen LogP contribution is -2.61. The van der Waals surface area contributed by atoms with Crippen LogP contribution in [0.25, 0.3) is 66.1 Å². The van der Waals surface area contributed by atoms with Gasteiger partial charge < -0.3 is 38.5 Å². The van der Waals surface area contributed by atoms with Crippen LogP contribution in [0.2, 0.25) is 0 Å². The van der Waals surface area contributed by atoms with Crippen molar-refractivity contribution >= 4 is 192 Å². The second-order valence-corrected chi connectivity index (χ2v) is 31.1. The highest BCUT2D eigenvalue weighted by Crippen LogP contribution is 2.51. The summed E-state index contributed by atoms with van der Waals surface area (Å²) in [5.74, 6) is 0. The lowest BCUT2D eigenvalue weighted by molar-refractivity contribution is 1.18. The summed E-state index contributed by atoms with van der Waals surface area (Å²) in [6, 6.07) is 162. The molecule has 0 N–H and O–H groups in total. The molecule has 0 unspecified atom stereocenters. The van der Waals surface area contributed by atoms with Crippen LogP contribution in [0.5, 0.6) is 0 Å². The quantitative estimate of drug-likeness (QED) is 0.107. The molecule has 20 aromatic rings. The lowest BCUT2D eigenvalue weighted by atomic mass is 9.33. The van der Waals surface area contributed by atoms with Crippen LogP contribution < -0.4 is 62.2 Å². The molecule has 550 valence electrons. The molecule has 4 aliphatic heterocycles. The van der Waals surface area contributed by atoms with E-state index in [0.717, 1.165) is 119 Å². The van der Waals surface area contributed by atoms with E-state index in [1.54, 1.807) is 0 Å². The van der Waals surface area contributed by atoms with E-state index in [-0.39, 0.29) is 13.4 Å². The molecule has 8 nitrogen and oxygen atoms in total. The topological polar surface area (TPSA) is 29.3 Å². The highest BCUT2D eigenvalue weighted by atomic mass is 15.2. The normalized spacial score (nSPS) is 12.8. The van der Waals surface area contributed by atoms with Gasteiger partial charge in [-0.1, -0.05) is 243 Å². The standard InChI is InChI=1S/C108H72B2N8/c1-8-32-75(33-9-1)111(76-34-10-2-11-35-76)84-63-66-93-105(70-84)118(101-56-30-54-99-108(101)110(93)94-71-90-88-48-23-26-51-96(88)114(79-40-16-5-17-41-79)103(90)72-106(94)116(99)81-44-20-7-21-45-81)83-46-28-31-74(67-83)73-57-59-82(60-58-73)112(77-36-12-3-13-37-77)85-62-65-92-104(69-85)115(80-42-18-6-19-43-80)98-53-29-55-100-107(98)109(92)91-49-24-27-52-97(91)117(100)86-61-64-89-87-47-22-25-50-95(87)113(102(89)68-86)78-38-14-4-15-39-78/h1-72H. The summed E-state index contributed by atoms with van der Waals surface area (Å²) in [7, 11) is 0. The van der Waals surface area contributed by atoms with Crippen molar-refractivity contribution in [1.29, 1.82) is 0 Å². The Kier molecular flexibility index (Phi) is 15.4. The summed E-state index contributed by atoms with van der Waals surface area (Å²) < 4.78 is 4.87. The van der Waals surface area contributed by atoms with Crippen LogP contribution in [0.4, 0.5) is 102 Å². The van der Waals surface area contributed by atoms with Crippen LogP contribution >= 0.6 is 0 Å². The van der Waals surface area contributed by atoms with E-state index in [9.17, 15) is 0 Å². The summed E-state index contributed by atoms with van der Waals surface area (Å²) in [5.41, 5.74) is 36.6. The van der Waals surface area contributed by atoms with Crippen LogP contribution in [0, 0.1) is 0 Å². The summed E-state index contributed by atoms with van der Waals surface area (Å²) in [5, 5.41) is 4.90. The molecule has 4 aliphatic rings. The molecule has 0 aliphatic carbocycles. The van der Waals surface area contributed by atoms with E-state index < -0.39 is 0 Å². The molecule has 10 heteroatoms. The molecule has 2 aromatic heterocycles. The second kappa shape index (κ2) is 27.1. The Balaban J connectivity index is 0.640. The zero-order chi connectivity index (χ0) is 77.5. The molecule has 18 aromatic carbocycles. The third-order valence-corrected chi connectivity index (χ3v) is 24.8. The predicted octanol–water partition coefficient (Wildman–Crippen LogP) is 24.7. The molecular formula is C108H72B2N8.